The van der Waals surface area contributed by atoms with Gasteiger partial charge in [0.2, 0.25) is 69.7 Å². The number of nitrogens with zero attached hydrogens (tertiary/aromatic N) is 15. The fourth-order valence-electron chi connectivity index (χ4n) is 16.5. The highest BCUT2D eigenvalue weighted by Crippen LogP contribution is 2.56. The fourth-order valence-corrected chi connectivity index (χ4v) is 23.0. The Hall–Kier alpha value is -14.5. The summed E-state index contributed by atoms with van der Waals surface area (Å²) in [5.41, 5.74) is 26.7. The number of ether oxygens (including phenoxy) is 13. The first-order valence-corrected chi connectivity index (χ1v) is 52.2. The Morgan fingerprint density at radius 1 is 0.393 bits per heavy atom. The Bertz CT molecular complexity index is 7780. The largest absolute Gasteiger partial charge is 0.496 e. The van der Waals surface area contributed by atoms with Gasteiger partial charge in [0.05, 0.1) is 169 Å². The predicted octanol–water partition coefficient (Wildman–Crippen LogP) is 25.3. The van der Waals surface area contributed by atoms with E-state index in [2.05, 4.69) is 145 Å². The van der Waals surface area contributed by atoms with E-state index in [1.807, 2.05) is 220 Å². The molecule has 7 N–H and O–H groups in total. The SMILES string of the molecule is [C-]#[N+]C1=C(N)Oc2c(c(-c3cccs3)nn2C)C1c1ccc(OC)c(Br)c1.[C-]#[N+]C1=C(N)Oc2n[nH]c(-c3cccs3)c2C1c1ccc(OC)c(Br)c1.[C-]#[N+]C1=C(N=COCC)Oc2c(c(-c3cccs3)nn2C)C1c1ccc(OC)c(Br)c1.[C-]#[N+]C1=C(N=COCC)Oc2n[nH]c(-c3cccs3)c2C1c1ccc(OC)c(Br)c1.[C-]#[N+]C1=C(NCOCC)Oc2c(c(-c3cccs3)nn2C)C1c1ccc(OC)c(Br)c1. The van der Waals surface area contributed by atoms with Crippen LogP contribution in [0.5, 0.6) is 58.1 Å². The van der Waals surface area contributed by atoms with Crippen LogP contribution in [0.15, 0.2) is 269 Å². The van der Waals surface area contributed by atoms with Crippen LogP contribution in [-0.4, -0.2) is 125 Å². The number of rotatable bonds is 25. The zero-order valence-electron chi connectivity index (χ0n) is 78.8. The van der Waals surface area contributed by atoms with Gasteiger partial charge in [-0.3, -0.25) is 10.2 Å². The molecule has 5 aliphatic rings. The van der Waals surface area contributed by atoms with Crippen molar-refractivity contribution in [1.82, 2.24) is 55.1 Å². The molecule has 43 heteroatoms. The maximum atomic E-state index is 7.96. The Balaban J connectivity index is 0.000000130. The Kier molecular flexibility index (Phi) is 33.4. The minimum atomic E-state index is -0.418. The van der Waals surface area contributed by atoms with Crippen molar-refractivity contribution >= 4 is 149 Å². The fraction of sp³-hybridized carbons (Fsp3) is 0.196. The molecular weight excluding hydrogens is 2270 g/mol. The average molecular weight is 2360 g/mol. The second-order valence-electron chi connectivity index (χ2n) is 31.1. The number of H-pyrrole nitrogens is 2. The van der Waals surface area contributed by atoms with Gasteiger partial charge in [0.25, 0.3) is 0 Å². The molecule has 5 aromatic carbocycles. The van der Waals surface area contributed by atoms with E-state index in [0.29, 0.717) is 101 Å². The summed E-state index contributed by atoms with van der Waals surface area (Å²) in [5.74, 6) is 5.08. The van der Waals surface area contributed by atoms with Crippen LogP contribution < -0.4 is 64.2 Å². The lowest BCUT2D eigenvalue weighted by Crippen LogP contribution is -2.28. The predicted molar refractivity (Wildman–Crippen MR) is 576 cm³/mol. The molecule has 0 fully saturated rings. The van der Waals surface area contributed by atoms with Gasteiger partial charge in [-0.2, -0.15) is 25.3 Å². The van der Waals surface area contributed by atoms with Gasteiger partial charge in [-0.15, -0.1) is 66.9 Å². The molecular formula is C102H85Br5N20O13S5. The average Bonchev–Trinajstić information content (AvgIpc) is 1.58. The van der Waals surface area contributed by atoms with Crippen molar-refractivity contribution in [2.24, 2.45) is 42.6 Å². The van der Waals surface area contributed by atoms with Crippen LogP contribution in [0, 0.1) is 32.9 Å². The van der Waals surface area contributed by atoms with Gasteiger partial charge in [0, 0.05) is 55.6 Å². The highest BCUT2D eigenvalue weighted by molar-refractivity contribution is 9.11. The smallest absolute Gasteiger partial charge is 0.241 e. The van der Waals surface area contributed by atoms with E-state index in [0.717, 1.165) is 142 Å². The number of hydrogen-bond acceptors (Lipinski definition) is 28. The standard InChI is InChI=1S/C22H21BrN4O3S.C22H19BrN4O3S.C21H17BrN4O3S.C19H15BrN4O2S.C18H13BrN4O2S/c2*1-5-29-12-25-21-20(24-2)17(13-8-9-15(28-4)14(23)11-13)18-19(16-7-6-10-31-16)26-27(3)22(18)30-21;1-4-28-11-24-21-19(23-2)16(12-7-8-14(27-3)13(22)10-12)17-18(15-6-5-9-30-15)25-26-20(17)29-21;1-22-17-14(10-6-7-12(25-3)11(20)9-10)15-16(13-5-4-8-27-13)23-24(2)19(15)26-18(17)21;1-21-16-13(9-5-6-11(24-2)10(19)8-9)14-15(12-4-3-7-26-12)22-23-18(14)25-17(16)20/h6-11,17,25H,5,12H2,1,3-4H3;6-12,17H,5H2,1,3-4H3;5-11,16H,4H2,1,3H3,(H,25,26);4-9,14H,21H2,2-3H3;3-8,13H,20H2,2H3,(H,22,23). The molecule has 5 aliphatic heterocycles. The van der Waals surface area contributed by atoms with E-state index in [1.165, 1.54) is 12.8 Å². The molecule has 0 bridgehead atoms. The van der Waals surface area contributed by atoms with Crippen molar-refractivity contribution in [3.05, 3.63) is 372 Å². The number of fused-ring (bicyclic) bond motifs is 5. The number of benzene rings is 5. The van der Waals surface area contributed by atoms with Crippen LogP contribution in [0.25, 0.3) is 77.1 Å². The molecule has 5 unspecified atom stereocenters. The number of nitrogens with two attached hydrogens (primary N) is 2. The Morgan fingerprint density at radius 3 is 1.02 bits per heavy atom. The van der Waals surface area contributed by atoms with Gasteiger partial charge in [0.1, 0.15) is 52.6 Å². The van der Waals surface area contributed by atoms with E-state index in [1.54, 1.807) is 106 Å². The lowest BCUT2D eigenvalue weighted by molar-refractivity contribution is 0.123. The van der Waals surface area contributed by atoms with Crippen molar-refractivity contribution in [3.63, 3.8) is 0 Å². The number of aryl methyl sites for hydroxylation is 3. The summed E-state index contributed by atoms with van der Waals surface area (Å²) >= 11 is 25.7. The maximum Gasteiger partial charge on any atom is 0.241 e. The van der Waals surface area contributed by atoms with Gasteiger partial charge in [-0.05, 0) is 246 Å². The summed E-state index contributed by atoms with van der Waals surface area (Å²) < 4.78 is 81.3. The summed E-state index contributed by atoms with van der Waals surface area (Å²) in [6, 6.07) is 48.8. The van der Waals surface area contributed by atoms with E-state index < -0.39 is 11.8 Å². The number of aliphatic imine (C=N–C) groups is 2. The van der Waals surface area contributed by atoms with Crippen molar-refractivity contribution in [2.45, 2.75) is 50.4 Å². The molecule has 0 saturated heterocycles. The first-order chi connectivity index (χ1) is 70.5. The second kappa shape index (κ2) is 46.9. The zero-order chi connectivity index (χ0) is 102. The topological polar surface area (TPSA) is 341 Å². The molecule has 33 nitrogen and oxygen atoms in total. The third kappa shape index (κ3) is 21.3. The van der Waals surface area contributed by atoms with Crippen LogP contribution in [-0.2, 0) is 35.4 Å². The monoisotopic (exact) mass is 2350 g/mol. The normalized spacial score (nSPS) is 15.6. The van der Waals surface area contributed by atoms with E-state index >= 15 is 0 Å². The molecule has 736 valence electrons. The van der Waals surface area contributed by atoms with Gasteiger partial charge < -0.3 is 78.4 Å². The number of methoxy groups -OCH3 is 5. The van der Waals surface area contributed by atoms with Crippen molar-refractivity contribution in [2.75, 3.05) is 62.1 Å². The Labute approximate surface area is 895 Å². The summed E-state index contributed by atoms with van der Waals surface area (Å²) in [6.45, 7) is 46.4. The quantitative estimate of drug-likeness (QED) is 0.0117. The minimum Gasteiger partial charge on any atom is -0.496 e. The third-order valence-electron chi connectivity index (χ3n) is 22.9. The zero-order valence-corrected chi connectivity index (χ0v) is 90.8. The van der Waals surface area contributed by atoms with Crippen LogP contribution in [0.3, 0.4) is 0 Å². The van der Waals surface area contributed by atoms with Gasteiger partial charge >= 0.3 is 0 Å². The number of hydrogen-bond donors (Lipinski definition) is 5. The van der Waals surface area contributed by atoms with Gasteiger partial charge in [-0.25, -0.2) is 38.3 Å². The lowest BCUT2D eigenvalue weighted by atomic mass is 9.86. The molecule has 0 radical (unpaired) electrons. The molecule has 15 aromatic rings. The minimum absolute atomic E-state index is 0.0775. The van der Waals surface area contributed by atoms with Crippen LogP contribution >= 0.6 is 136 Å². The maximum absolute atomic E-state index is 7.96. The molecule has 15 heterocycles. The summed E-state index contributed by atoms with van der Waals surface area (Å²) in [6.07, 6.45) is 2.60. The molecule has 0 saturated carbocycles. The first kappa shape index (κ1) is 103. The summed E-state index contributed by atoms with van der Waals surface area (Å²) in [5, 5.41) is 42.0. The van der Waals surface area contributed by atoms with Crippen LogP contribution in [0.1, 0.15) is 106 Å². The first-order valence-electron chi connectivity index (χ1n) is 43.8. The number of allylic oxidation sites excluding steroid dienone is 5. The van der Waals surface area contributed by atoms with E-state index in [9.17, 15) is 0 Å². The second-order valence-corrected chi connectivity index (χ2v) is 40.1. The highest BCUT2D eigenvalue weighted by atomic mass is 79.9. The van der Waals surface area contributed by atoms with E-state index in [-0.39, 0.29) is 48.0 Å². The number of halogens is 5. The molecule has 145 heavy (non-hydrogen) atoms. The van der Waals surface area contributed by atoms with E-state index in [4.69, 9.17) is 116 Å². The van der Waals surface area contributed by atoms with Gasteiger partial charge in [0.15, 0.2) is 30.5 Å². The Morgan fingerprint density at radius 2 is 0.697 bits per heavy atom. The van der Waals surface area contributed by atoms with Crippen molar-refractivity contribution in [3.8, 4) is 111 Å². The van der Waals surface area contributed by atoms with Crippen LogP contribution in [0.4, 0.5) is 0 Å². The summed E-state index contributed by atoms with van der Waals surface area (Å²) in [7, 11) is 13.6. The summed E-state index contributed by atoms with van der Waals surface area (Å²) in [4.78, 5) is 32.4. The molecule has 0 spiro atoms. The number of nitrogens with one attached hydrogen (secondary N) is 3. The molecule has 0 aliphatic carbocycles. The van der Waals surface area contributed by atoms with Gasteiger partial charge in [-0.1, -0.05) is 60.7 Å². The van der Waals surface area contributed by atoms with Crippen molar-refractivity contribution < 1.29 is 61.6 Å². The number of aromatic amines is 2. The molecule has 10 aromatic heterocycles. The van der Waals surface area contributed by atoms with Crippen LogP contribution in [0.2, 0.25) is 0 Å². The molecule has 0 amide bonds. The molecule has 5 atom stereocenters. The number of aromatic nitrogens is 10. The lowest BCUT2D eigenvalue weighted by Gasteiger charge is -2.27. The highest BCUT2D eigenvalue weighted by Gasteiger charge is 2.44. The third-order valence-corrected chi connectivity index (χ3v) is 30.4. The molecule has 20 rings (SSSR count). The van der Waals surface area contributed by atoms with Crippen molar-refractivity contribution in [1.29, 1.82) is 0 Å². The number of thiophene rings is 5.